The van der Waals surface area contributed by atoms with E-state index in [1.54, 1.807) is 6.26 Å². The predicted molar refractivity (Wildman–Crippen MR) is 131 cm³/mol. The van der Waals surface area contributed by atoms with E-state index in [0.29, 0.717) is 17.9 Å². The zero-order valence-electron chi connectivity index (χ0n) is 21.4. The van der Waals surface area contributed by atoms with Gasteiger partial charge in [-0.05, 0) is 81.5 Å². The third kappa shape index (κ3) is 2.28. The molecule has 0 unspecified atom stereocenters. The lowest BCUT2D eigenvalue weighted by molar-refractivity contribution is -0.196. The van der Waals surface area contributed by atoms with Crippen LogP contribution < -0.4 is 14.8 Å². The molecule has 2 bridgehead atoms. The van der Waals surface area contributed by atoms with Crippen molar-refractivity contribution in [1.29, 1.82) is 0 Å². The summed E-state index contributed by atoms with van der Waals surface area (Å²) >= 11 is 0. The minimum atomic E-state index is -0.744. The Hall–Kier alpha value is -2.54. The Morgan fingerprint density at radius 2 is 1.91 bits per heavy atom. The molecular weight excluding hydrogens is 442 g/mol. The van der Waals surface area contributed by atoms with Crippen molar-refractivity contribution < 1.29 is 19.1 Å². The summed E-state index contributed by atoms with van der Waals surface area (Å²) in [5.41, 5.74) is -0.657. The molecule has 7 heteroatoms. The highest BCUT2D eigenvalue weighted by atomic mass is 16.5. The van der Waals surface area contributed by atoms with E-state index < -0.39 is 16.6 Å². The van der Waals surface area contributed by atoms with Crippen molar-refractivity contribution in [2.24, 2.45) is 11.3 Å². The normalized spacial score (nSPS) is 39.8. The number of ether oxygens (including phenoxy) is 2. The Labute approximate surface area is 206 Å². The van der Waals surface area contributed by atoms with E-state index in [0.717, 1.165) is 50.0 Å². The first-order valence-corrected chi connectivity index (χ1v) is 13.0. The summed E-state index contributed by atoms with van der Waals surface area (Å²) in [6.07, 6.45) is 8.18. The molecule has 4 saturated heterocycles. The maximum absolute atomic E-state index is 14.1. The van der Waals surface area contributed by atoms with Crippen LogP contribution in [0.25, 0.3) is 0 Å². The van der Waals surface area contributed by atoms with Gasteiger partial charge >= 0.3 is 0 Å². The molecule has 6 heterocycles. The zero-order chi connectivity index (χ0) is 24.6. The highest BCUT2D eigenvalue weighted by molar-refractivity contribution is 6.09. The molecule has 7 nitrogen and oxygen atoms in total. The smallest absolute Gasteiger partial charge is 0.243 e. The summed E-state index contributed by atoms with van der Waals surface area (Å²) < 4.78 is 12.3. The molecule has 0 aromatic heterocycles. The van der Waals surface area contributed by atoms with E-state index in [-0.39, 0.29) is 28.7 Å². The second-order valence-electron chi connectivity index (χ2n) is 12.8. The number of nitrogens with zero attached hydrogens (tertiary/aromatic N) is 2. The van der Waals surface area contributed by atoms with Gasteiger partial charge in [-0.25, -0.2) is 0 Å². The van der Waals surface area contributed by atoms with Crippen LogP contribution in [0.5, 0.6) is 11.5 Å². The fourth-order valence-corrected chi connectivity index (χ4v) is 8.90. The minimum absolute atomic E-state index is 0.0190. The molecule has 186 valence electrons. The van der Waals surface area contributed by atoms with Gasteiger partial charge in [-0.15, -0.1) is 0 Å². The van der Waals surface area contributed by atoms with Gasteiger partial charge in [0.05, 0.1) is 22.9 Å². The maximum atomic E-state index is 14.1. The number of carbonyl (C=O) groups excluding carboxylic acids is 2. The van der Waals surface area contributed by atoms with Crippen LogP contribution in [0.1, 0.15) is 65.4 Å². The molecule has 1 N–H and O–H groups in total. The van der Waals surface area contributed by atoms with Crippen LogP contribution in [0.15, 0.2) is 24.5 Å². The number of anilines is 1. The lowest BCUT2D eigenvalue weighted by Crippen LogP contribution is -2.80. The molecule has 1 aromatic carbocycles. The van der Waals surface area contributed by atoms with Crippen molar-refractivity contribution in [2.45, 2.75) is 81.9 Å². The van der Waals surface area contributed by atoms with Gasteiger partial charge in [0.2, 0.25) is 11.8 Å². The second-order valence-corrected chi connectivity index (χ2v) is 12.8. The monoisotopic (exact) mass is 477 g/mol. The number of rotatable bonds is 0. The van der Waals surface area contributed by atoms with Crippen molar-refractivity contribution in [2.75, 3.05) is 25.5 Å². The molecule has 0 radical (unpaired) electrons. The highest BCUT2D eigenvalue weighted by Gasteiger charge is 2.79. The summed E-state index contributed by atoms with van der Waals surface area (Å²) in [5.74, 6) is 1.72. The fraction of sp³-hybridized carbons (Fsp3) is 0.643. The van der Waals surface area contributed by atoms with Gasteiger partial charge in [-0.1, -0.05) is 19.9 Å². The van der Waals surface area contributed by atoms with Crippen molar-refractivity contribution in [3.05, 3.63) is 30.0 Å². The van der Waals surface area contributed by atoms with Gasteiger partial charge < -0.3 is 19.7 Å². The predicted octanol–water partition coefficient (Wildman–Crippen LogP) is 3.83. The van der Waals surface area contributed by atoms with Crippen molar-refractivity contribution >= 4 is 17.5 Å². The molecule has 1 aliphatic carbocycles. The third-order valence-corrected chi connectivity index (χ3v) is 10.7. The Morgan fingerprint density at radius 1 is 1.11 bits per heavy atom. The first-order valence-electron chi connectivity index (χ1n) is 13.0. The standard InChI is InChI=1S/C28H35N3O4/c1-24(2)11-13-34-21-18(35-24)9-8-17-20(21)29-22(32)28(17)15-27-16-31-12-7-6-10-26(31,23(33)30(27)5)14-19(27)25(28,3)4/h8-9,11,13,19H,6-7,10,12,14-16H2,1-5H3,(H,29,32)/t19-,26+,27-,28-/m0/s1. The Morgan fingerprint density at radius 3 is 2.71 bits per heavy atom. The molecule has 7 aliphatic rings. The van der Waals surface area contributed by atoms with Gasteiger partial charge in [0.15, 0.2) is 11.5 Å². The number of carbonyl (C=O) groups is 2. The third-order valence-electron chi connectivity index (χ3n) is 10.7. The van der Waals surface area contributed by atoms with E-state index in [1.807, 2.05) is 33.0 Å². The summed E-state index contributed by atoms with van der Waals surface area (Å²) in [6, 6.07) is 4.02. The summed E-state index contributed by atoms with van der Waals surface area (Å²) in [4.78, 5) is 32.5. The van der Waals surface area contributed by atoms with Crippen LogP contribution in [-0.4, -0.2) is 58.4 Å². The number of piperidine rings is 3. The van der Waals surface area contributed by atoms with Crippen molar-refractivity contribution in [3.63, 3.8) is 0 Å². The summed E-state index contributed by atoms with van der Waals surface area (Å²) in [5, 5.41) is 3.23. The molecule has 1 saturated carbocycles. The van der Waals surface area contributed by atoms with Crippen LogP contribution in [0.4, 0.5) is 5.69 Å². The first-order chi connectivity index (χ1) is 16.5. The number of fused-ring (bicyclic) bond motifs is 5. The van der Waals surface area contributed by atoms with E-state index in [9.17, 15) is 9.59 Å². The number of hydrogen-bond donors (Lipinski definition) is 1. The number of nitrogens with one attached hydrogen (secondary N) is 1. The molecule has 6 aliphatic heterocycles. The van der Waals surface area contributed by atoms with Gasteiger partial charge in [0.1, 0.15) is 11.1 Å². The molecule has 5 fully saturated rings. The van der Waals surface area contributed by atoms with E-state index in [4.69, 9.17) is 9.47 Å². The first kappa shape index (κ1) is 21.7. The minimum Gasteiger partial charge on any atom is -0.480 e. The molecular formula is C28H35N3O4. The molecule has 4 atom stereocenters. The van der Waals surface area contributed by atoms with E-state index in [2.05, 4.69) is 35.0 Å². The van der Waals surface area contributed by atoms with Gasteiger partial charge in [0.25, 0.3) is 0 Å². The van der Waals surface area contributed by atoms with Crippen LogP contribution >= 0.6 is 0 Å². The molecule has 2 amide bonds. The maximum Gasteiger partial charge on any atom is 0.243 e. The van der Waals surface area contributed by atoms with Crippen LogP contribution in [0, 0.1) is 11.3 Å². The van der Waals surface area contributed by atoms with Crippen LogP contribution in [0.2, 0.25) is 0 Å². The quantitative estimate of drug-likeness (QED) is 0.615. The number of likely N-dealkylation sites (N-methyl/N-ethyl adjacent to an activating group) is 1. The molecule has 35 heavy (non-hydrogen) atoms. The Bertz CT molecular complexity index is 1220. The topological polar surface area (TPSA) is 71.1 Å². The fourth-order valence-electron chi connectivity index (χ4n) is 8.90. The molecule has 1 aromatic rings. The zero-order valence-corrected chi connectivity index (χ0v) is 21.4. The average Bonchev–Trinajstić information content (AvgIpc) is 3.12. The largest absolute Gasteiger partial charge is 0.480 e. The van der Waals surface area contributed by atoms with Gasteiger partial charge in [0, 0.05) is 13.6 Å². The SMILES string of the molecule is CN1C(=O)[C@]23CCCCN2C[C@]12C[C@]1(C(=O)Nc4c1ccc1c4OC=CC(C)(C)O1)C(C)(C)[C@@H]2C3. The second kappa shape index (κ2) is 6.23. The number of amides is 2. The Kier molecular flexibility index (Phi) is 3.86. The van der Waals surface area contributed by atoms with Crippen molar-refractivity contribution in [1.82, 2.24) is 9.80 Å². The lowest BCUT2D eigenvalue weighted by Gasteiger charge is -2.67. The lowest BCUT2D eigenvalue weighted by atomic mass is 9.56. The van der Waals surface area contributed by atoms with Gasteiger partial charge in [-0.2, -0.15) is 0 Å². The number of benzene rings is 1. The summed E-state index contributed by atoms with van der Waals surface area (Å²) in [6.45, 7) is 10.3. The van der Waals surface area contributed by atoms with E-state index in [1.165, 1.54) is 0 Å². The summed E-state index contributed by atoms with van der Waals surface area (Å²) in [7, 11) is 1.99. The van der Waals surface area contributed by atoms with Crippen LogP contribution in [-0.2, 0) is 15.0 Å². The molecule has 8 rings (SSSR count). The van der Waals surface area contributed by atoms with Gasteiger partial charge in [-0.3, -0.25) is 14.5 Å². The Balaban J connectivity index is 1.41. The highest BCUT2D eigenvalue weighted by Crippen LogP contribution is 2.72. The van der Waals surface area contributed by atoms with Crippen molar-refractivity contribution in [3.8, 4) is 11.5 Å². The average molecular weight is 478 g/mol. The van der Waals surface area contributed by atoms with Crippen LogP contribution in [0.3, 0.4) is 0 Å². The number of hydrogen-bond acceptors (Lipinski definition) is 5. The number of piperazine rings is 1. The molecule has 3 spiro atoms. The van der Waals surface area contributed by atoms with E-state index >= 15 is 0 Å².